The maximum atomic E-state index is 12.0. The van der Waals surface area contributed by atoms with Crippen LogP contribution in [-0.2, 0) is 4.74 Å². The van der Waals surface area contributed by atoms with Crippen molar-refractivity contribution in [3.63, 3.8) is 0 Å². The van der Waals surface area contributed by atoms with Crippen LogP contribution in [-0.4, -0.2) is 23.7 Å². The molecule has 0 heterocycles. The molecule has 0 spiro atoms. The normalized spacial score (nSPS) is 10.1. The first-order valence-electron chi connectivity index (χ1n) is 7.39. The number of phenols is 1. The number of rotatable bonds is 6. The summed E-state index contributed by atoms with van der Waals surface area (Å²) in [6.45, 7) is 2.40. The van der Waals surface area contributed by atoms with Crippen LogP contribution in [0.1, 0.15) is 40.5 Å². The topological polar surface area (TPSA) is 72.8 Å². The number of esters is 2. The van der Waals surface area contributed by atoms with Crippen molar-refractivity contribution in [1.82, 2.24) is 0 Å². The Morgan fingerprint density at radius 1 is 1.00 bits per heavy atom. The number of carbonyl (C=O) groups excluding carboxylic acids is 2. The van der Waals surface area contributed by atoms with E-state index in [1.807, 2.05) is 6.92 Å². The lowest BCUT2D eigenvalue weighted by Crippen LogP contribution is -2.09. The molecule has 0 aliphatic rings. The van der Waals surface area contributed by atoms with Gasteiger partial charge in [0.25, 0.3) is 0 Å². The molecule has 0 amide bonds. The van der Waals surface area contributed by atoms with Crippen LogP contribution in [0.15, 0.2) is 48.5 Å². The van der Waals surface area contributed by atoms with Gasteiger partial charge in [-0.2, -0.15) is 0 Å². The highest BCUT2D eigenvalue weighted by molar-refractivity contribution is 5.94. The molecule has 2 rings (SSSR count). The van der Waals surface area contributed by atoms with Gasteiger partial charge in [-0.15, -0.1) is 0 Å². The molecule has 5 nitrogen and oxygen atoms in total. The fourth-order valence-corrected chi connectivity index (χ4v) is 1.86. The van der Waals surface area contributed by atoms with Gasteiger partial charge < -0.3 is 14.6 Å². The maximum absolute atomic E-state index is 12.0. The quantitative estimate of drug-likeness (QED) is 0.501. The average molecular weight is 314 g/mol. The lowest BCUT2D eigenvalue weighted by molar-refractivity contribution is 0.0499. The van der Waals surface area contributed by atoms with Crippen molar-refractivity contribution < 1.29 is 24.2 Å². The fourth-order valence-electron chi connectivity index (χ4n) is 1.86. The van der Waals surface area contributed by atoms with E-state index >= 15 is 0 Å². The van der Waals surface area contributed by atoms with Crippen molar-refractivity contribution >= 4 is 11.9 Å². The first-order chi connectivity index (χ1) is 11.1. The highest BCUT2D eigenvalue weighted by Gasteiger charge is 2.13. The number of unbranched alkanes of at least 4 members (excludes halogenated alkanes) is 1. The Balaban J connectivity index is 1.99. The molecule has 0 aromatic heterocycles. The molecule has 0 fully saturated rings. The molecule has 0 saturated heterocycles. The molecule has 5 heteroatoms. The van der Waals surface area contributed by atoms with E-state index < -0.39 is 11.9 Å². The van der Waals surface area contributed by atoms with Crippen LogP contribution in [0.2, 0.25) is 0 Å². The van der Waals surface area contributed by atoms with Gasteiger partial charge in [-0.25, -0.2) is 9.59 Å². The second-order valence-corrected chi connectivity index (χ2v) is 4.92. The summed E-state index contributed by atoms with van der Waals surface area (Å²) in [4.78, 5) is 23.7. The Hall–Kier alpha value is -2.82. The van der Waals surface area contributed by atoms with E-state index in [4.69, 9.17) is 9.47 Å². The molecule has 0 saturated carbocycles. The summed E-state index contributed by atoms with van der Waals surface area (Å²) in [7, 11) is 0. The molecule has 0 unspecified atom stereocenters. The van der Waals surface area contributed by atoms with E-state index in [2.05, 4.69) is 0 Å². The van der Waals surface area contributed by atoms with Crippen LogP contribution < -0.4 is 4.74 Å². The zero-order chi connectivity index (χ0) is 16.7. The van der Waals surface area contributed by atoms with Crippen molar-refractivity contribution in [2.45, 2.75) is 19.8 Å². The summed E-state index contributed by atoms with van der Waals surface area (Å²) in [5.74, 6) is -0.935. The van der Waals surface area contributed by atoms with Crippen LogP contribution in [0.4, 0.5) is 0 Å². The summed E-state index contributed by atoms with van der Waals surface area (Å²) < 4.78 is 10.3. The van der Waals surface area contributed by atoms with Gasteiger partial charge >= 0.3 is 11.9 Å². The summed E-state index contributed by atoms with van der Waals surface area (Å²) >= 11 is 0. The Morgan fingerprint density at radius 3 is 2.35 bits per heavy atom. The van der Waals surface area contributed by atoms with E-state index in [1.54, 1.807) is 12.1 Å². The molecule has 23 heavy (non-hydrogen) atoms. The lowest BCUT2D eigenvalue weighted by atomic mass is 10.2. The Labute approximate surface area is 134 Å². The Bertz CT molecular complexity index is 676. The summed E-state index contributed by atoms with van der Waals surface area (Å²) in [6, 6.07) is 12.2. The van der Waals surface area contributed by atoms with Crippen molar-refractivity contribution in [1.29, 1.82) is 0 Å². The minimum Gasteiger partial charge on any atom is -0.507 e. The molecule has 120 valence electrons. The van der Waals surface area contributed by atoms with Crippen molar-refractivity contribution in [3.8, 4) is 11.5 Å². The number of phenolic OH excluding ortho intramolecular Hbond substituents is 1. The molecule has 0 atom stereocenters. The summed E-state index contributed by atoms with van der Waals surface area (Å²) in [5.41, 5.74) is 0.471. The Kier molecular flexibility index (Phi) is 5.74. The van der Waals surface area contributed by atoms with E-state index in [9.17, 15) is 14.7 Å². The third-order valence-electron chi connectivity index (χ3n) is 3.16. The van der Waals surface area contributed by atoms with Crippen LogP contribution in [0.3, 0.4) is 0 Å². The number of carbonyl (C=O) groups is 2. The van der Waals surface area contributed by atoms with Crippen molar-refractivity contribution in [3.05, 3.63) is 59.7 Å². The van der Waals surface area contributed by atoms with E-state index in [-0.39, 0.29) is 17.1 Å². The minimum absolute atomic E-state index is 0.0792. The smallest absolute Gasteiger partial charge is 0.347 e. The highest BCUT2D eigenvalue weighted by Crippen LogP contribution is 2.19. The van der Waals surface area contributed by atoms with Crippen molar-refractivity contribution in [2.24, 2.45) is 0 Å². The zero-order valence-electron chi connectivity index (χ0n) is 12.8. The third kappa shape index (κ3) is 4.57. The van der Waals surface area contributed by atoms with Gasteiger partial charge in [-0.05, 0) is 42.8 Å². The van der Waals surface area contributed by atoms with Gasteiger partial charge in [0, 0.05) is 0 Å². The Morgan fingerprint density at radius 2 is 1.70 bits per heavy atom. The minimum atomic E-state index is -0.665. The number of aromatic hydroxyl groups is 1. The van der Waals surface area contributed by atoms with Crippen LogP contribution in [0.5, 0.6) is 11.5 Å². The van der Waals surface area contributed by atoms with E-state index in [0.29, 0.717) is 12.2 Å². The molecule has 1 N–H and O–H groups in total. The predicted molar refractivity (Wildman–Crippen MR) is 84.7 cm³/mol. The first-order valence-corrected chi connectivity index (χ1v) is 7.39. The first kappa shape index (κ1) is 16.5. The monoisotopic (exact) mass is 314 g/mol. The van der Waals surface area contributed by atoms with Crippen LogP contribution in [0, 0.1) is 0 Å². The summed E-state index contributed by atoms with van der Waals surface area (Å²) in [6.07, 6.45) is 1.77. The fraction of sp³-hybridized carbons (Fsp3) is 0.222. The van der Waals surface area contributed by atoms with Gasteiger partial charge in [0.15, 0.2) is 0 Å². The molecule has 0 aliphatic heterocycles. The standard InChI is InChI=1S/C18H18O5/c1-2-3-12-22-17(20)13-8-10-14(11-9-13)23-18(21)15-6-4-5-7-16(15)19/h4-11,19H,2-3,12H2,1H3. The average Bonchev–Trinajstić information content (AvgIpc) is 2.56. The summed E-state index contributed by atoms with van der Waals surface area (Å²) in [5, 5.41) is 9.62. The zero-order valence-corrected chi connectivity index (χ0v) is 12.8. The van der Waals surface area contributed by atoms with Gasteiger partial charge in [0.05, 0.1) is 12.2 Å². The third-order valence-corrected chi connectivity index (χ3v) is 3.16. The van der Waals surface area contributed by atoms with E-state index in [0.717, 1.165) is 12.8 Å². The highest BCUT2D eigenvalue weighted by atomic mass is 16.5. The number of hydrogen-bond donors (Lipinski definition) is 1. The lowest BCUT2D eigenvalue weighted by Gasteiger charge is -2.07. The molecule has 0 bridgehead atoms. The maximum Gasteiger partial charge on any atom is 0.347 e. The number of ether oxygens (including phenoxy) is 2. The predicted octanol–water partition coefficient (Wildman–Crippen LogP) is 3.57. The van der Waals surface area contributed by atoms with E-state index in [1.165, 1.54) is 36.4 Å². The van der Waals surface area contributed by atoms with Gasteiger partial charge in [0.1, 0.15) is 17.1 Å². The van der Waals surface area contributed by atoms with Crippen LogP contribution in [0.25, 0.3) is 0 Å². The molecule has 0 aliphatic carbocycles. The number of hydrogen-bond acceptors (Lipinski definition) is 5. The van der Waals surface area contributed by atoms with Crippen LogP contribution >= 0.6 is 0 Å². The number of benzene rings is 2. The second-order valence-electron chi connectivity index (χ2n) is 4.92. The largest absolute Gasteiger partial charge is 0.507 e. The molecule has 0 radical (unpaired) electrons. The molecular weight excluding hydrogens is 296 g/mol. The SMILES string of the molecule is CCCCOC(=O)c1ccc(OC(=O)c2ccccc2O)cc1. The van der Waals surface area contributed by atoms with Gasteiger partial charge in [-0.3, -0.25) is 0 Å². The number of para-hydroxylation sites is 1. The molecule has 2 aromatic carbocycles. The van der Waals surface area contributed by atoms with Gasteiger partial charge in [0.2, 0.25) is 0 Å². The van der Waals surface area contributed by atoms with Crippen molar-refractivity contribution in [2.75, 3.05) is 6.61 Å². The second kappa shape index (κ2) is 7.98. The van der Waals surface area contributed by atoms with Gasteiger partial charge in [-0.1, -0.05) is 25.5 Å². The molecule has 2 aromatic rings. The molecular formula is C18H18O5.